The maximum absolute atomic E-state index is 12.5. The summed E-state index contributed by atoms with van der Waals surface area (Å²) >= 11 is 0. The van der Waals surface area contributed by atoms with E-state index in [9.17, 15) is 14.9 Å². The number of likely N-dealkylation sites (N-methyl/N-ethyl adjacent to an activating group) is 2. The van der Waals surface area contributed by atoms with Crippen LogP contribution < -0.4 is 4.90 Å². The highest BCUT2D eigenvalue weighted by molar-refractivity contribution is 5.94. The number of hydrogen-bond donors (Lipinski definition) is 0. The number of benzene rings is 2. The summed E-state index contributed by atoms with van der Waals surface area (Å²) in [4.78, 5) is 26.2. The monoisotopic (exact) mass is 341 g/mol. The summed E-state index contributed by atoms with van der Waals surface area (Å²) < 4.78 is 0. The zero-order valence-corrected chi connectivity index (χ0v) is 15.0. The van der Waals surface area contributed by atoms with Crippen molar-refractivity contribution in [3.8, 4) is 0 Å². The minimum atomic E-state index is -0.455. The third kappa shape index (κ3) is 4.87. The van der Waals surface area contributed by atoms with Crippen LogP contribution >= 0.6 is 0 Å². The Balaban J connectivity index is 1.98. The van der Waals surface area contributed by atoms with Gasteiger partial charge in [0.15, 0.2) is 0 Å². The van der Waals surface area contributed by atoms with Crippen LogP contribution in [0.3, 0.4) is 0 Å². The van der Waals surface area contributed by atoms with Gasteiger partial charge < -0.3 is 4.90 Å². The van der Waals surface area contributed by atoms with Gasteiger partial charge in [0, 0.05) is 31.4 Å². The van der Waals surface area contributed by atoms with E-state index in [0.29, 0.717) is 12.2 Å². The number of non-ortho nitro benzene ring substituents is 1. The maximum Gasteiger partial charge on any atom is 0.269 e. The molecule has 0 N–H and O–H groups in total. The number of nitro groups is 1. The van der Waals surface area contributed by atoms with Crippen molar-refractivity contribution in [1.82, 2.24) is 4.90 Å². The lowest BCUT2D eigenvalue weighted by molar-refractivity contribution is -0.384. The number of nitrogens with zero attached hydrogens (tertiary/aromatic N) is 3. The molecular formula is C19H23N3O3. The second kappa shape index (κ2) is 7.90. The predicted molar refractivity (Wildman–Crippen MR) is 98.8 cm³/mol. The van der Waals surface area contributed by atoms with E-state index < -0.39 is 4.92 Å². The lowest BCUT2D eigenvalue weighted by Crippen LogP contribution is -2.36. The Morgan fingerprint density at radius 2 is 1.72 bits per heavy atom. The summed E-state index contributed by atoms with van der Waals surface area (Å²) in [7, 11) is 3.58. The molecule has 25 heavy (non-hydrogen) atoms. The molecule has 0 radical (unpaired) electrons. The van der Waals surface area contributed by atoms with Crippen molar-refractivity contribution in [2.24, 2.45) is 0 Å². The molecule has 6 nitrogen and oxygen atoms in total. The molecule has 0 bridgehead atoms. The Bertz CT molecular complexity index is 772. The molecule has 0 aliphatic rings. The molecular weight excluding hydrogens is 318 g/mol. The topological polar surface area (TPSA) is 66.7 Å². The van der Waals surface area contributed by atoms with Crippen LogP contribution in [0.1, 0.15) is 16.7 Å². The quantitative estimate of drug-likeness (QED) is 0.597. The molecule has 0 aliphatic carbocycles. The average Bonchev–Trinajstić information content (AvgIpc) is 2.56. The molecule has 0 aliphatic heterocycles. The molecule has 132 valence electrons. The third-order valence-electron chi connectivity index (χ3n) is 4.17. The second-order valence-corrected chi connectivity index (χ2v) is 6.33. The van der Waals surface area contributed by atoms with E-state index in [4.69, 9.17) is 0 Å². The van der Waals surface area contributed by atoms with Crippen molar-refractivity contribution in [1.29, 1.82) is 0 Å². The summed E-state index contributed by atoms with van der Waals surface area (Å²) in [6.45, 7) is 5.08. The Labute approximate surface area is 147 Å². The van der Waals surface area contributed by atoms with E-state index >= 15 is 0 Å². The van der Waals surface area contributed by atoms with Gasteiger partial charge in [0.2, 0.25) is 5.91 Å². The van der Waals surface area contributed by atoms with E-state index in [2.05, 4.69) is 32.0 Å². The number of nitro benzene ring substituents is 1. The van der Waals surface area contributed by atoms with Gasteiger partial charge in [0.05, 0.1) is 11.5 Å². The van der Waals surface area contributed by atoms with Gasteiger partial charge >= 0.3 is 0 Å². The van der Waals surface area contributed by atoms with Gasteiger partial charge in [-0.1, -0.05) is 23.8 Å². The van der Waals surface area contributed by atoms with E-state index in [0.717, 1.165) is 0 Å². The summed E-state index contributed by atoms with van der Waals surface area (Å²) in [5.74, 6) is -0.0684. The fourth-order valence-corrected chi connectivity index (χ4v) is 2.65. The van der Waals surface area contributed by atoms with E-state index in [1.807, 2.05) is 11.9 Å². The minimum absolute atomic E-state index is 0.0107. The van der Waals surface area contributed by atoms with Crippen molar-refractivity contribution in [3.05, 3.63) is 69.3 Å². The third-order valence-corrected chi connectivity index (χ3v) is 4.17. The molecule has 0 aromatic heterocycles. The van der Waals surface area contributed by atoms with Crippen LogP contribution in [-0.4, -0.2) is 36.4 Å². The van der Waals surface area contributed by atoms with Gasteiger partial charge in [-0.15, -0.1) is 0 Å². The molecule has 0 atom stereocenters. The van der Waals surface area contributed by atoms with Crippen LogP contribution in [0, 0.1) is 24.0 Å². The lowest BCUT2D eigenvalue weighted by Gasteiger charge is -2.22. The molecule has 0 fully saturated rings. The van der Waals surface area contributed by atoms with Gasteiger partial charge in [-0.05, 0) is 44.2 Å². The van der Waals surface area contributed by atoms with E-state index in [1.165, 1.54) is 33.7 Å². The molecule has 0 spiro atoms. The molecule has 0 heterocycles. The smallest absolute Gasteiger partial charge is 0.269 e. The largest absolute Gasteiger partial charge is 0.314 e. The van der Waals surface area contributed by atoms with E-state index in [1.54, 1.807) is 19.2 Å². The Kier molecular flexibility index (Phi) is 5.88. The maximum atomic E-state index is 12.5. The Morgan fingerprint density at radius 3 is 2.28 bits per heavy atom. The normalized spacial score (nSPS) is 10.8. The molecule has 1 amide bonds. The second-order valence-electron chi connectivity index (χ2n) is 6.33. The molecule has 0 unspecified atom stereocenters. The molecule has 2 aromatic carbocycles. The van der Waals surface area contributed by atoms with Crippen LogP contribution in [0.5, 0.6) is 0 Å². The molecule has 2 aromatic rings. The standard InChI is InChI=1S/C19H23N3O3/c1-14-5-6-16(15(2)11-14)12-20(3)13-19(23)21(4)17-7-9-18(10-8-17)22(24)25/h5-11H,12-13H2,1-4H3. The molecule has 2 rings (SSSR count). The van der Waals surface area contributed by atoms with E-state index in [-0.39, 0.29) is 18.1 Å². The predicted octanol–water partition coefficient (Wildman–Crippen LogP) is 3.31. The number of rotatable bonds is 6. The number of carbonyl (C=O) groups is 1. The number of aryl methyl sites for hydroxylation is 2. The summed E-state index contributed by atoms with van der Waals surface area (Å²) in [6, 6.07) is 12.3. The van der Waals surface area contributed by atoms with Gasteiger partial charge in [0.25, 0.3) is 5.69 Å². The zero-order valence-electron chi connectivity index (χ0n) is 15.0. The fourth-order valence-electron chi connectivity index (χ4n) is 2.65. The van der Waals surface area contributed by atoms with Crippen LogP contribution in [0.4, 0.5) is 11.4 Å². The SMILES string of the molecule is Cc1ccc(CN(C)CC(=O)N(C)c2ccc([N+](=O)[O-])cc2)c(C)c1. The first kappa shape index (κ1) is 18.6. The summed E-state index contributed by atoms with van der Waals surface area (Å²) in [5, 5.41) is 10.7. The Hall–Kier alpha value is -2.73. The summed E-state index contributed by atoms with van der Waals surface area (Å²) in [6.07, 6.45) is 0. The van der Waals surface area contributed by atoms with Crippen LogP contribution in [0.2, 0.25) is 0 Å². The molecule has 0 saturated carbocycles. The Morgan fingerprint density at radius 1 is 1.08 bits per heavy atom. The molecule has 0 saturated heterocycles. The fraction of sp³-hybridized carbons (Fsp3) is 0.316. The first-order chi connectivity index (χ1) is 11.8. The van der Waals surface area contributed by atoms with Gasteiger partial charge in [-0.25, -0.2) is 0 Å². The van der Waals surface area contributed by atoms with Crippen molar-refractivity contribution in [2.75, 3.05) is 25.5 Å². The number of carbonyl (C=O) groups excluding carboxylic acids is 1. The van der Waals surface area contributed by atoms with Crippen molar-refractivity contribution < 1.29 is 9.72 Å². The van der Waals surface area contributed by atoms with Gasteiger partial charge in [0.1, 0.15) is 0 Å². The number of amides is 1. The minimum Gasteiger partial charge on any atom is -0.314 e. The van der Waals surface area contributed by atoms with Gasteiger partial charge in [-0.3, -0.25) is 19.8 Å². The first-order valence-electron chi connectivity index (χ1n) is 8.03. The van der Waals surface area contributed by atoms with Crippen LogP contribution in [-0.2, 0) is 11.3 Å². The van der Waals surface area contributed by atoms with Crippen molar-refractivity contribution in [2.45, 2.75) is 20.4 Å². The van der Waals surface area contributed by atoms with Crippen molar-refractivity contribution >= 4 is 17.3 Å². The van der Waals surface area contributed by atoms with Crippen molar-refractivity contribution in [3.63, 3.8) is 0 Å². The highest BCUT2D eigenvalue weighted by atomic mass is 16.6. The highest BCUT2D eigenvalue weighted by Gasteiger charge is 2.15. The first-order valence-corrected chi connectivity index (χ1v) is 8.03. The highest BCUT2D eigenvalue weighted by Crippen LogP contribution is 2.19. The average molecular weight is 341 g/mol. The zero-order chi connectivity index (χ0) is 18.6. The van der Waals surface area contributed by atoms with Crippen LogP contribution in [0.25, 0.3) is 0 Å². The summed E-state index contributed by atoms with van der Waals surface area (Å²) in [5.41, 5.74) is 4.27. The number of anilines is 1. The van der Waals surface area contributed by atoms with Crippen LogP contribution in [0.15, 0.2) is 42.5 Å². The molecule has 6 heteroatoms. The van der Waals surface area contributed by atoms with Gasteiger partial charge in [-0.2, -0.15) is 0 Å². The lowest BCUT2D eigenvalue weighted by atomic mass is 10.1. The number of hydrogen-bond acceptors (Lipinski definition) is 4.